The van der Waals surface area contributed by atoms with Crippen molar-refractivity contribution in [1.82, 2.24) is 0 Å². The molecule has 0 radical (unpaired) electrons. The molecule has 7 rings (SSSR count). The molecule has 0 bridgehead atoms. The van der Waals surface area contributed by atoms with Crippen LogP contribution in [0.3, 0.4) is 0 Å². The second kappa shape index (κ2) is 23.5. The monoisotopic (exact) mass is 834 g/mol. The van der Waals surface area contributed by atoms with Gasteiger partial charge in [0.25, 0.3) is 0 Å². The number of benzene rings is 7. The summed E-state index contributed by atoms with van der Waals surface area (Å²) in [5.74, 6) is 0. The van der Waals surface area contributed by atoms with Gasteiger partial charge in [-0.15, -0.1) is 12.1 Å². The zero-order valence-electron chi connectivity index (χ0n) is 27.5. The molecule has 0 atom stereocenters. The maximum Gasteiger partial charge on any atom is 0.102 e. The average molecular weight is 836 g/mol. The molecule has 0 saturated heterocycles. The molecule has 7 aromatic rings. The van der Waals surface area contributed by atoms with Gasteiger partial charge in [0, 0.05) is 0 Å². The van der Waals surface area contributed by atoms with Crippen molar-refractivity contribution in [3.8, 4) is 0 Å². The normalized spacial score (nSPS) is 10.0. The molecule has 0 amide bonds. The summed E-state index contributed by atoms with van der Waals surface area (Å²) in [7, 11) is 7.87. The first-order chi connectivity index (χ1) is 25.2. The van der Waals surface area contributed by atoms with Crippen LogP contribution < -0.4 is 31.8 Å². The van der Waals surface area contributed by atoms with E-state index in [4.69, 9.17) is 19.1 Å². The van der Waals surface area contributed by atoms with Gasteiger partial charge in [0.2, 0.25) is 0 Å². The zero-order valence-corrected chi connectivity index (χ0v) is 32.6. The molecule has 0 saturated carbocycles. The van der Waals surface area contributed by atoms with Gasteiger partial charge in [0.05, 0.1) is 15.8 Å². The minimum Gasteiger partial charge on any atom is -0.0620 e. The Labute approximate surface area is 320 Å². The van der Waals surface area contributed by atoms with Crippen molar-refractivity contribution < 1.29 is 25.5 Å². The van der Waals surface area contributed by atoms with Crippen molar-refractivity contribution in [2.75, 3.05) is 0 Å². The Bertz CT molecular complexity index is 1640. The van der Waals surface area contributed by atoms with Crippen molar-refractivity contribution >= 4 is 79.3 Å². The molecule has 0 heterocycles. The van der Waals surface area contributed by atoms with Crippen LogP contribution in [0.1, 0.15) is 11.1 Å². The van der Waals surface area contributed by atoms with Crippen molar-refractivity contribution in [3.63, 3.8) is 0 Å². The summed E-state index contributed by atoms with van der Waals surface area (Å²) in [6, 6.07) is 71.4. The van der Waals surface area contributed by atoms with E-state index in [0.29, 0.717) is 0 Å². The Morgan fingerprint density at radius 1 is 0.314 bits per heavy atom. The molecule has 0 aromatic heterocycles. The van der Waals surface area contributed by atoms with E-state index in [9.17, 15) is 9.59 Å². The van der Waals surface area contributed by atoms with Crippen LogP contribution in [-0.4, -0.2) is 12.6 Å². The molecular weight excluding hydrogens is 800 g/mol. The van der Waals surface area contributed by atoms with Crippen molar-refractivity contribution in [2.24, 2.45) is 0 Å². The Hall–Kier alpha value is -4.02. The van der Waals surface area contributed by atoms with Crippen molar-refractivity contribution in [1.29, 1.82) is 0 Å². The predicted molar refractivity (Wildman–Crippen MR) is 221 cm³/mol. The van der Waals surface area contributed by atoms with E-state index in [-0.39, 0.29) is 27.1 Å². The Kier molecular flexibility index (Phi) is 18.3. The number of hydrogen-bond donors (Lipinski definition) is 0. The quantitative estimate of drug-likeness (QED) is 0.0878. The fourth-order valence-corrected chi connectivity index (χ4v) is 10.4. The third-order valence-corrected chi connectivity index (χ3v) is 13.0. The Morgan fingerprint density at radius 2 is 0.471 bits per heavy atom. The van der Waals surface area contributed by atoms with Gasteiger partial charge in [-0.05, 0) is 85.4 Å². The fourth-order valence-electron chi connectivity index (χ4n) is 5.29. The van der Waals surface area contributed by atoms with E-state index >= 15 is 0 Å². The summed E-state index contributed by atoms with van der Waals surface area (Å²) in [6.45, 7) is 0. The summed E-state index contributed by atoms with van der Waals surface area (Å²) < 4.78 is 0. The molecule has 0 fully saturated rings. The fraction of sp³-hybridized carbons (Fsp3) is 0. The van der Waals surface area contributed by atoms with Gasteiger partial charge < -0.3 is 9.59 Å². The zero-order chi connectivity index (χ0) is 35.9. The molecule has 0 spiro atoms. The number of carbonyl (C=O) groups excluding carboxylic acids is 2. The second-order valence-corrected chi connectivity index (χ2v) is 18.1. The number of halogens is 2. The minimum absolute atomic E-state index is 0.106. The van der Waals surface area contributed by atoms with E-state index in [1.54, 1.807) is 24.7 Å². The molecule has 0 unspecified atom stereocenters. The SMILES string of the molecule is O=[C-]c1ccccc1[C-]=O.[Cl][Pd][Cl].c1ccc([PH+](c2ccccc2)c2ccccc2)cc1.c1ccc([PH+](c2ccccc2)c2ccccc2)cc1. The summed E-state index contributed by atoms with van der Waals surface area (Å²) in [5, 5.41) is 8.61. The molecule has 2 nitrogen and oxygen atoms in total. The molecule has 0 aliphatic rings. The summed E-state index contributed by atoms with van der Waals surface area (Å²) in [6.07, 6.45) is 3.27. The van der Waals surface area contributed by atoms with Crippen LogP contribution >= 0.6 is 34.9 Å². The van der Waals surface area contributed by atoms with Crippen LogP contribution in [0, 0.1) is 0 Å². The van der Waals surface area contributed by atoms with Gasteiger partial charge in [-0.25, -0.2) is 12.1 Å². The number of rotatable bonds is 8. The van der Waals surface area contributed by atoms with E-state index < -0.39 is 15.8 Å². The molecule has 7 aromatic carbocycles. The smallest absolute Gasteiger partial charge is 0.0620 e. The first kappa shape index (κ1) is 39.8. The number of hydrogen-bond acceptors (Lipinski definition) is 2. The maximum absolute atomic E-state index is 10.1. The molecule has 0 N–H and O–H groups in total. The molecule has 258 valence electrons. The van der Waals surface area contributed by atoms with Gasteiger partial charge >= 0.3 is 35.0 Å². The van der Waals surface area contributed by atoms with Gasteiger partial charge in [0.1, 0.15) is 31.8 Å². The minimum atomic E-state index is -0.877. The topological polar surface area (TPSA) is 34.1 Å². The Morgan fingerprint density at radius 3 is 0.627 bits per heavy atom. The van der Waals surface area contributed by atoms with Crippen LogP contribution in [-0.2, 0) is 25.5 Å². The largest absolute Gasteiger partial charge is 0.102 e. The van der Waals surface area contributed by atoms with E-state index in [0.717, 1.165) is 0 Å². The second-order valence-electron chi connectivity index (χ2n) is 10.7. The van der Waals surface area contributed by atoms with Crippen molar-refractivity contribution in [2.45, 2.75) is 0 Å². The molecule has 7 heteroatoms. The van der Waals surface area contributed by atoms with Gasteiger partial charge in [0.15, 0.2) is 0 Å². The van der Waals surface area contributed by atoms with E-state index in [2.05, 4.69) is 182 Å². The third-order valence-electron chi connectivity index (χ3n) is 7.52. The summed E-state index contributed by atoms with van der Waals surface area (Å²) in [5.41, 5.74) is 0.523. The van der Waals surface area contributed by atoms with Crippen LogP contribution in [0.4, 0.5) is 0 Å². The Balaban J connectivity index is 0.000000173. The maximum atomic E-state index is 10.1. The van der Waals surface area contributed by atoms with Crippen LogP contribution in [0.5, 0.6) is 0 Å². The van der Waals surface area contributed by atoms with Gasteiger partial charge in [-0.1, -0.05) is 109 Å². The van der Waals surface area contributed by atoms with Crippen LogP contribution in [0.15, 0.2) is 206 Å². The van der Waals surface area contributed by atoms with Crippen molar-refractivity contribution in [3.05, 3.63) is 217 Å². The molecule has 51 heavy (non-hydrogen) atoms. The van der Waals surface area contributed by atoms with Crippen LogP contribution in [0.2, 0.25) is 0 Å². The van der Waals surface area contributed by atoms with Gasteiger partial charge in [-0.2, -0.15) is 0 Å². The van der Waals surface area contributed by atoms with Gasteiger partial charge in [-0.3, -0.25) is 11.1 Å². The third kappa shape index (κ3) is 12.9. The standard InChI is InChI=1S/2C18H15P.C8H4O2.2ClH.Pd/c2*1-4-10-16(11-5-1)19(17-12-6-2-7-13-17)18-14-8-3-9-15-18;9-5-7-3-1-2-4-8(7)6-10;;;/h2*1-15H;1-4H;2*1H;/q;;-2;;;+2. The average Bonchev–Trinajstić information content (AvgIpc) is 3.21. The molecule has 0 aliphatic heterocycles. The first-order valence-electron chi connectivity index (χ1n) is 15.9. The molecule has 0 aliphatic carbocycles. The first-order valence-corrected chi connectivity index (χ1v) is 22.9. The summed E-state index contributed by atoms with van der Waals surface area (Å²) in [4.78, 5) is 20.2. The van der Waals surface area contributed by atoms with Crippen LogP contribution in [0.25, 0.3) is 0 Å². The molecular formula is C44H36Cl2O2P2Pd. The van der Waals surface area contributed by atoms with E-state index in [1.807, 2.05) is 0 Å². The van der Waals surface area contributed by atoms with E-state index in [1.165, 1.54) is 44.0 Å². The summed E-state index contributed by atoms with van der Waals surface area (Å²) >= 11 is -0.106. The predicted octanol–water partition coefficient (Wildman–Crippen LogP) is 8.33.